The molecule has 0 radical (unpaired) electrons. The number of thiazole rings is 1. The van der Waals surface area contributed by atoms with E-state index in [0.717, 1.165) is 11.3 Å². The van der Waals surface area contributed by atoms with Crippen LogP contribution < -0.4 is 9.64 Å². The molecule has 0 saturated carbocycles. The van der Waals surface area contributed by atoms with Gasteiger partial charge in [0.2, 0.25) is 0 Å². The van der Waals surface area contributed by atoms with Crippen LogP contribution >= 0.6 is 11.3 Å². The maximum Gasteiger partial charge on any atom is 0.573 e. The number of carbonyl (C=O) groups is 1. The van der Waals surface area contributed by atoms with Crippen molar-refractivity contribution in [2.24, 2.45) is 0 Å². The summed E-state index contributed by atoms with van der Waals surface area (Å²) >= 11 is 1.08. The average molecular weight is 427 g/mol. The van der Waals surface area contributed by atoms with E-state index in [-0.39, 0.29) is 17.2 Å². The van der Waals surface area contributed by atoms with Gasteiger partial charge in [0.15, 0.2) is 5.13 Å². The number of anilines is 1. The van der Waals surface area contributed by atoms with E-state index < -0.39 is 12.2 Å². The smallest absolute Gasteiger partial charge is 0.406 e. The molecule has 0 bridgehead atoms. The molecule has 0 saturated heterocycles. The van der Waals surface area contributed by atoms with Gasteiger partial charge in [-0.1, -0.05) is 11.3 Å². The van der Waals surface area contributed by atoms with E-state index in [9.17, 15) is 22.4 Å². The number of ether oxygens (including phenoxy) is 1. The third-order valence-corrected chi connectivity index (χ3v) is 4.96. The largest absolute Gasteiger partial charge is 0.573 e. The number of fused-ring (bicyclic) bond motifs is 1. The summed E-state index contributed by atoms with van der Waals surface area (Å²) in [7, 11) is 3.69. The van der Waals surface area contributed by atoms with Gasteiger partial charge in [0.05, 0.1) is 10.2 Å². The lowest BCUT2D eigenvalue weighted by molar-refractivity contribution is -0.274. The molecule has 0 unspecified atom stereocenters. The predicted molar refractivity (Wildman–Crippen MR) is 103 cm³/mol. The molecule has 3 rings (SSSR count). The number of nitrogens with zero attached hydrogens (tertiary/aromatic N) is 3. The van der Waals surface area contributed by atoms with Gasteiger partial charge in [-0.15, -0.1) is 13.2 Å². The topological polar surface area (TPSA) is 45.7 Å². The number of carbonyl (C=O) groups excluding carboxylic acids is 1. The molecule has 29 heavy (non-hydrogen) atoms. The Bertz CT molecular complexity index is 1000. The van der Waals surface area contributed by atoms with Crippen molar-refractivity contribution < 1.29 is 27.1 Å². The van der Waals surface area contributed by atoms with Crippen molar-refractivity contribution in [2.45, 2.75) is 6.36 Å². The molecular formula is C19H17F4N3O2S. The summed E-state index contributed by atoms with van der Waals surface area (Å²) in [5.41, 5.74) is 0.729. The summed E-state index contributed by atoms with van der Waals surface area (Å²) < 4.78 is 54.9. The molecule has 5 nitrogen and oxygen atoms in total. The van der Waals surface area contributed by atoms with Crippen molar-refractivity contribution in [3.63, 3.8) is 0 Å². The predicted octanol–water partition coefficient (Wildman–Crippen LogP) is 4.54. The highest BCUT2D eigenvalue weighted by atomic mass is 32.1. The summed E-state index contributed by atoms with van der Waals surface area (Å²) in [6.07, 6.45) is -4.79. The van der Waals surface area contributed by atoms with E-state index in [0.29, 0.717) is 28.4 Å². The molecule has 3 aromatic rings. The van der Waals surface area contributed by atoms with Crippen LogP contribution in [0.1, 0.15) is 10.4 Å². The van der Waals surface area contributed by atoms with Gasteiger partial charge in [0.25, 0.3) is 5.91 Å². The molecule has 0 atom stereocenters. The molecule has 10 heteroatoms. The zero-order valence-corrected chi connectivity index (χ0v) is 16.4. The fourth-order valence-electron chi connectivity index (χ4n) is 2.54. The first kappa shape index (κ1) is 21.0. The van der Waals surface area contributed by atoms with Crippen LogP contribution in [-0.2, 0) is 0 Å². The van der Waals surface area contributed by atoms with Crippen LogP contribution in [0.3, 0.4) is 0 Å². The minimum absolute atomic E-state index is 0.283. The number of likely N-dealkylation sites (N-methyl/N-ethyl adjacent to an activating group) is 1. The van der Waals surface area contributed by atoms with E-state index in [2.05, 4.69) is 9.72 Å². The van der Waals surface area contributed by atoms with Crippen LogP contribution in [0, 0.1) is 5.82 Å². The Balaban J connectivity index is 1.94. The van der Waals surface area contributed by atoms with Crippen LogP contribution in [0.2, 0.25) is 0 Å². The lowest BCUT2D eigenvalue weighted by Crippen LogP contribution is -2.36. The maximum absolute atomic E-state index is 13.2. The standard InChI is InChI=1S/C19H17F4N3O2S/c1-25(2)9-10-26(17(27)12-3-5-13(20)6-4-12)18-24-15-8-7-14(11-16(15)29-18)28-19(21,22)23/h3-8,11H,9-10H2,1-2H3. The molecule has 0 fully saturated rings. The molecular weight excluding hydrogens is 410 g/mol. The number of halogens is 4. The lowest BCUT2D eigenvalue weighted by Gasteiger charge is -2.22. The molecule has 2 aromatic carbocycles. The van der Waals surface area contributed by atoms with Gasteiger partial charge in [-0.25, -0.2) is 9.37 Å². The molecule has 1 heterocycles. The van der Waals surface area contributed by atoms with Crippen LogP contribution in [0.15, 0.2) is 42.5 Å². The van der Waals surface area contributed by atoms with Crippen molar-refractivity contribution in [3.05, 3.63) is 53.8 Å². The van der Waals surface area contributed by atoms with Crippen LogP contribution in [0.5, 0.6) is 5.75 Å². The summed E-state index contributed by atoms with van der Waals surface area (Å²) in [5.74, 6) is -1.19. The lowest BCUT2D eigenvalue weighted by atomic mass is 10.2. The van der Waals surface area contributed by atoms with E-state index in [1.807, 2.05) is 19.0 Å². The Morgan fingerprint density at radius 3 is 2.41 bits per heavy atom. The van der Waals surface area contributed by atoms with Gasteiger partial charge in [-0.3, -0.25) is 9.69 Å². The molecule has 0 aliphatic heterocycles. The monoisotopic (exact) mass is 427 g/mol. The van der Waals surface area contributed by atoms with E-state index in [4.69, 9.17) is 0 Å². The average Bonchev–Trinajstić information content (AvgIpc) is 3.03. The Morgan fingerprint density at radius 2 is 1.79 bits per heavy atom. The minimum Gasteiger partial charge on any atom is -0.406 e. The normalized spacial score (nSPS) is 11.8. The van der Waals surface area contributed by atoms with E-state index >= 15 is 0 Å². The first-order valence-corrected chi connectivity index (χ1v) is 9.32. The number of rotatable bonds is 6. The third-order valence-electron chi connectivity index (χ3n) is 3.92. The fourth-order valence-corrected chi connectivity index (χ4v) is 3.56. The molecule has 0 aliphatic rings. The molecule has 154 valence electrons. The van der Waals surface area contributed by atoms with Crippen molar-refractivity contribution in [1.29, 1.82) is 0 Å². The number of hydrogen-bond acceptors (Lipinski definition) is 5. The number of benzene rings is 2. The molecule has 0 spiro atoms. The third kappa shape index (κ3) is 5.42. The summed E-state index contributed by atoms with van der Waals surface area (Å²) in [4.78, 5) is 20.7. The van der Waals surface area contributed by atoms with Crippen molar-refractivity contribution in [1.82, 2.24) is 9.88 Å². The zero-order valence-electron chi connectivity index (χ0n) is 15.5. The van der Waals surface area contributed by atoms with Crippen molar-refractivity contribution in [3.8, 4) is 5.75 Å². The van der Waals surface area contributed by atoms with Gasteiger partial charge in [-0.2, -0.15) is 0 Å². The minimum atomic E-state index is -4.79. The van der Waals surface area contributed by atoms with Crippen LogP contribution in [0.4, 0.5) is 22.7 Å². The van der Waals surface area contributed by atoms with Gasteiger partial charge in [0.1, 0.15) is 11.6 Å². The Hall–Kier alpha value is -2.72. The Kier molecular flexibility index (Phi) is 6.04. The second-order valence-electron chi connectivity index (χ2n) is 6.44. The number of aromatic nitrogens is 1. The zero-order chi connectivity index (χ0) is 21.2. The molecule has 0 N–H and O–H groups in total. The first-order valence-electron chi connectivity index (χ1n) is 8.51. The van der Waals surface area contributed by atoms with Gasteiger partial charge >= 0.3 is 6.36 Å². The highest BCUT2D eigenvalue weighted by Crippen LogP contribution is 2.33. The van der Waals surface area contributed by atoms with Gasteiger partial charge in [0, 0.05) is 24.7 Å². The second kappa shape index (κ2) is 8.34. The van der Waals surface area contributed by atoms with E-state index in [1.165, 1.54) is 47.4 Å². The fraction of sp³-hybridized carbons (Fsp3) is 0.263. The van der Waals surface area contributed by atoms with Gasteiger partial charge in [-0.05, 0) is 50.5 Å². The van der Waals surface area contributed by atoms with Crippen LogP contribution in [-0.4, -0.2) is 49.3 Å². The summed E-state index contributed by atoms with van der Waals surface area (Å²) in [6, 6.07) is 8.95. The molecule has 1 aromatic heterocycles. The molecule has 0 aliphatic carbocycles. The first-order chi connectivity index (χ1) is 13.6. The highest BCUT2D eigenvalue weighted by Gasteiger charge is 2.31. The molecule has 1 amide bonds. The summed E-state index contributed by atoms with van der Waals surface area (Å²) in [5, 5.41) is 0.334. The maximum atomic E-state index is 13.2. The Morgan fingerprint density at radius 1 is 1.10 bits per heavy atom. The SMILES string of the molecule is CN(C)CCN(C(=O)c1ccc(F)cc1)c1nc2ccc(OC(F)(F)F)cc2s1. The van der Waals surface area contributed by atoms with Crippen molar-refractivity contribution >= 4 is 32.6 Å². The van der Waals surface area contributed by atoms with Gasteiger partial charge < -0.3 is 9.64 Å². The van der Waals surface area contributed by atoms with Crippen molar-refractivity contribution in [2.75, 3.05) is 32.1 Å². The second-order valence-corrected chi connectivity index (χ2v) is 7.45. The van der Waals surface area contributed by atoms with Crippen LogP contribution in [0.25, 0.3) is 10.2 Å². The van der Waals surface area contributed by atoms with E-state index in [1.54, 1.807) is 0 Å². The quantitative estimate of drug-likeness (QED) is 0.542. The number of amides is 1. The number of hydrogen-bond donors (Lipinski definition) is 0. The Labute approximate surface area is 168 Å². The summed E-state index contributed by atoms with van der Waals surface area (Å²) in [6.45, 7) is 0.834. The number of alkyl halides is 3. The highest BCUT2D eigenvalue weighted by molar-refractivity contribution is 7.22.